The molecule has 0 radical (unpaired) electrons. The summed E-state index contributed by atoms with van der Waals surface area (Å²) in [6.45, 7) is 3.61. The number of sulfonamides is 1. The Morgan fingerprint density at radius 1 is 0.826 bits per heavy atom. The Labute approximate surface area is 280 Å². The number of hydrogen-bond acceptors (Lipinski definition) is 5. The van der Waals surface area contributed by atoms with Crippen LogP contribution in [0, 0.1) is 5.92 Å². The minimum atomic E-state index is -4.25. The van der Waals surface area contributed by atoms with Crippen LogP contribution in [0.1, 0.15) is 25.0 Å². The third-order valence-corrected chi connectivity index (χ3v) is 9.81. The fourth-order valence-electron chi connectivity index (χ4n) is 4.83. The van der Waals surface area contributed by atoms with E-state index < -0.39 is 28.5 Å². The third-order valence-electron chi connectivity index (χ3n) is 7.32. The molecule has 0 spiro atoms. The van der Waals surface area contributed by atoms with E-state index in [2.05, 4.69) is 5.32 Å². The average molecular weight is 683 g/mol. The van der Waals surface area contributed by atoms with Crippen molar-refractivity contribution in [3.8, 4) is 5.75 Å². The lowest BCUT2D eigenvalue weighted by Crippen LogP contribution is -2.53. The number of methoxy groups -OCH3 is 1. The Hall–Kier alpha value is -4.05. The summed E-state index contributed by atoms with van der Waals surface area (Å²) in [7, 11) is -2.76. The fraction of sp³-hybridized carbons (Fsp3) is 0.257. The van der Waals surface area contributed by atoms with Crippen LogP contribution in [0.2, 0.25) is 10.0 Å². The Morgan fingerprint density at radius 3 is 1.98 bits per heavy atom. The predicted molar refractivity (Wildman–Crippen MR) is 183 cm³/mol. The smallest absolute Gasteiger partial charge is 0.264 e. The first-order chi connectivity index (χ1) is 22.0. The highest BCUT2D eigenvalue weighted by molar-refractivity contribution is 7.92. The number of nitrogens with one attached hydrogen (secondary N) is 1. The molecule has 0 bridgehead atoms. The molecule has 11 heteroatoms. The first-order valence-electron chi connectivity index (χ1n) is 14.8. The van der Waals surface area contributed by atoms with Gasteiger partial charge < -0.3 is 15.0 Å². The van der Waals surface area contributed by atoms with Crippen molar-refractivity contribution < 1.29 is 22.7 Å². The number of amides is 2. The highest BCUT2D eigenvalue weighted by atomic mass is 35.5. The van der Waals surface area contributed by atoms with Gasteiger partial charge in [-0.05, 0) is 60.0 Å². The van der Waals surface area contributed by atoms with Crippen LogP contribution in [0.15, 0.2) is 108 Å². The molecule has 2 amide bonds. The van der Waals surface area contributed by atoms with Gasteiger partial charge in [0.25, 0.3) is 10.0 Å². The molecule has 0 saturated carbocycles. The minimum absolute atomic E-state index is 0.0267. The number of rotatable bonds is 14. The molecule has 1 unspecified atom stereocenters. The minimum Gasteiger partial charge on any atom is -0.497 e. The van der Waals surface area contributed by atoms with Crippen LogP contribution in [0.5, 0.6) is 5.75 Å². The van der Waals surface area contributed by atoms with Crippen molar-refractivity contribution in [2.75, 3.05) is 24.5 Å². The van der Waals surface area contributed by atoms with Crippen molar-refractivity contribution in [1.29, 1.82) is 0 Å². The van der Waals surface area contributed by atoms with Crippen molar-refractivity contribution in [1.82, 2.24) is 10.2 Å². The highest BCUT2D eigenvalue weighted by Gasteiger charge is 2.35. The van der Waals surface area contributed by atoms with Gasteiger partial charge >= 0.3 is 0 Å². The lowest BCUT2D eigenvalue weighted by molar-refractivity contribution is -0.140. The summed E-state index contributed by atoms with van der Waals surface area (Å²) in [6.07, 6.45) is 0.176. The van der Waals surface area contributed by atoms with E-state index in [1.807, 2.05) is 44.2 Å². The topological polar surface area (TPSA) is 96.0 Å². The average Bonchev–Trinajstić information content (AvgIpc) is 3.06. The van der Waals surface area contributed by atoms with Crippen LogP contribution in [-0.4, -0.2) is 51.4 Å². The van der Waals surface area contributed by atoms with Gasteiger partial charge in [-0.1, -0.05) is 91.6 Å². The summed E-state index contributed by atoms with van der Waals surface area (Å²) >= 11 is 13.1. The van der Waals surface area contributed by atoms with Crippen molar-refractivity contribution in [3.05, 3.63) is 124 Å². The number of carbonyl (C=O) groups excluding carboxylic acids is 2. The predicted octanol–water partition coefficient (Wildman–Crippen LogP) is 6.61. The number of hydrogen-bond donors (Lipinski definition) is 1. The maximum absolute atomic E-state index is 14.5. The van der Waals surface area contributed by atoms with Gasteiger partial charge in [-0.3, -0.25) is 13.9 Å². The van der Waals surface area contributed by atoms with Crippen LogP contribution in [0.3, 0.4) is 0 Å². The van der Waals surface area contributed by atoms with Crippen LogP contribution >= 0.6 is 23.2 Å². The number of ether oxygens (including phenoxy) is 1. The molecule has 0 aliphatic heterocycles. The molecule has 1 atom stereocenters. The van der Waals surface area contributed by atoms with Crippen LogP contribution in [0.25, 0.3) is 0 Å². The monoisotopic (exact) mass is 681 g/mol. The molecule has 0 heterocycles. The van der Waals surface area contributed by atoms with E-state index >= 15 is 0 Å². The first-order valence-corrected chi connectivity index (χ1v) is 17.0. The van der Waals surface area contributed by atoms with Crippen LogP contribution < -0.4 is 14.4 Å². The van der Waals surface area contributed by atoms with E-state index in [4.69, 9.17) is 27.9 Å². The second-order valence-corrected chi connectivity index (χ2v) is 13.8. The molecule has 1 N–H and O–H groups in total. The van der Waals surface area contributed by atoms with Gasteiger partial charge in [-0.25, -0.2) is 8.42 Å². The standard InChI is InChI=1S/C35H37Cl2N3O5S/c1-25(2)22-38-35(42)33(21-26-11-6-4-7-12-26)39(23-30-31(36)15-10-16-32(30)37)34(41)24-40(27-13-8-5-9-14-27)46(43,44)29-19-17-28(45-3)18-20-29/h4-20,25,33H,21-24H2,1-3H3,(H,38,42). The maximum atomic E-state index is 14.5. The number of anilines is 1. The number of para-hydroxylation sites is 1. The van der Waals surface area contributed by atoms with Gasteiger partial charge in [0, 0.05) is 35.1 Å². The zero-order valence-corrected chi connectivity index (χ0v) is 28.2. The maximum Gasteiger partial charge on any atom is 0.264 e. The Kier molecular flexibility index (Phi) is 12.1. The normalized spacial score (nSPS) is 12.0. The van der Waals surface area contributed by atoms with E-state index in [0.717, 1.165) is 9.87 Å². The molecule has 0 aliphatic rings. The lowest BCUT2D eigenvalue weighted by Gasteiger charge is -2.34. The van der Waals surface area contributed by atoms with E-state index in [1.54, 1.807) is 60.7 Å². The molecular formula is C35H37Cl2N3O5S. The van der Waals surface area contributed by atoms with E-state index in [0.29, 0.717) is 27.9 Å². The van der Waals surface area contributed by atoms with Gasteiger partial charge in [-0.15, -0.1) is 0 Å². The molecule has 242 valence electrons. The quantitative estimate of drug-likeness (QED) is 0.162. The first kappa shape index (κ1) is 34.8. The molecule has 4 rings (SSSR count). The second-order valence-electron chi connectivity index (χ2n) is 11.1. The molecule has 4 aromatic rings. The van der Waals surface area contributed by atoms with Crippen LogP contribution in [0.4, 0.5) is 5.69 Å². The van der Waals surface area contributed by atoms with Crippen molar-refractivity contribution in [2.45, 2.75) is 37.8 Å². The van der Waals surface area contributed by atoms with Gasteiger partial charge in [0.2, 0.25) is 11.8 Å². The highest BCUT2D eigenvalue weighted by Crippen LogP contribution is 2.29. The summed E-state index contributed by atoms with van der Waals surface area (Å²) in [6, 6.07) is 27.6. The second kappa shape index (κ2) is 16.0. The van der Waals surface area contributed by atoms with E-state index in [-0.39, 0.29) is 35.4 Å². The largest absolute Gasteiger partial charge is 0.497 e. The molecule has 46 heavy (non-hydrogen) atoms. The van der Waals surface area contributed by atoms with Crippen molar-refractivity contribution >= 4 is 50.7 Å². The summed E-state index contributed by atoms with van der Waals surface area (Å²) < 4.78 is 34.5. The summed E-state index contributed by atoms with van der Waals surface area (Å²) in [5.41, 5.74) is 1.55. The molecule has 4 aromatic carbocycles. The molecule has 0 fully saturated rings. The zero-order chi connectivity index (χ0) is 33.3. The van der Waals surface area contributed by atoms with E-state index in [9.17, 15) is 18.0 Å². The zero-order valence-electron chi connectivity index (χ0n) is 25.9. The third kappa shape index (κ3) is 8.81. The van der Waals surface area contributed by atoms with Crippen LogP contribution in [-0.2, 0) is 32.6 Å². The summed E-state index contributed by atoms with van der Waals surface area (Å²) in [5.74, 6) is -0.345. The summed E-state index contributed by atoms with van der Waals surface area (Å²) in [5, 5.41) is 3.60. The van der Waals surface area contributed by atoms with Crippen molar-refractivity contribution in [2.24, 2.45) is 5.92 Å². The van der Waals surface area contributed by atoms with Gasteiger partial charge in [0.1, 0.15) is 18.3 Å². The lowest BCUT2D eigenvalue weighted by atomic mass is 10.0. The molecule has 0 saturated heterocycles. The number of carbonyl (C=O) groups is 2. The summed E-state index contributed by atoms with van der Waals surface area (Å²) in [4.78, 5) is 29.8. The molecular weight excluding hydrogens is 645 g/mol. The fourth-order valence-corrected chi connectivity index (χ4v) is 6.76. The molecule has 0 aromatic heterocycles. The van der Waals surface area contributed by atoms with E-state index in [1.165, 1.54) is 24.1 Å². The Balaban J connectivity index is 1.81. The Bertz CT molecular complexity index is 1700. The number of benzene rings is 4. The van der Waals surface area contributed by atoms with Gasteiger partial charge in [0.15, 0.2) is 0 Å². The number of halogens is 2. The number of nitrogens with zero attached hydrogens (tertiary/aromatic N) is 2. The molecule has 8 nitrogen and oxygen atoms in total. The van der Waals surface area contributed by atoms with Crippen molar-refractivity contribution in [3.63, 3.8) is 0 Å². The van der Waals surface area contributed by atoms with Gasteiger partial charge in [-0.2, -0.15) is 0 Å². The van der Waals surface area contributed by atoms with Gasteiger partial charge in [0.05, 0.1) is 17.7 Å². The molecule has 0 aliphatic carbocycles. The SMILES string of the molecule is COc1ccc(S(=O)(=O)N(CC(=O)N(Cc2c(Cl)cccc2Cl)C(Cc2ccccc2)C(=O)NCC(C)C)c2ccccc2)cc1. The Morgan fingerprint density at radius 2 is 1.41 bits per heavy atom.